The average Bonchev–Trinajstić information content (AvgIpc) is 3.20. The summed E-state index contributed by atoms with van der Waals surface area (Å²) in [6.07, 6.45) is 2.83. The van der Waals surface area contributed by atoms with Crippen molar-refractivity contribution < 1.29 is 23.4 Å². The molecule has 1 aliphatic rings. The topological polar surface area (TPSA) is 85.5 Å². The van der Waals surface area contributed by atoms with Crippen LogP contribution in [0.15, 0.2) is 36.7 Å². The summed E-state index contributed by atoms with van der Waals surface area (Å²) in [5.74, 6) is -0.269. The number of aromatic nitrogens is 2. The highest BCUT2D eigenvalue weighted by molar-refractivity contribution is 5.78. The summed E-state index contributed by atoms with van der Waals surface area (Å²) < 4.78 is 29.6. The van der Waals surface area contributed by atoms with Crippen molar-refractivity contribution in [1.82, 2.24) is 15.5 Å². The van der Waals surface area contributed by atoms with Crippen LogP contribution >= 0.6 is 0 Å². The van der Waals surface area contributed by atoms with E-state index in [0.717, 1.165) is 0 Å². The van der Waals surface area contributed by atoms with Crippen LogP contribution in [0.5, 0.6) is 11.5 Å². The van der Waals surface area contributed by atoms with Crippen LogP contribution in [0, 0.1) is 5.82 Å². The molecule has 7 nitrogen and oxygen atoms in total. The van der Waals surface area contributed by atoms with Gasteiger partial charge in [0.2, 0.25) is 0 Å². The summed E-state index contributed by atoms with van der Waals surface area (Å²) in [6.45, 7) is 0.425. The van der Waals surface area contributed by atoms with Gasteiger partial charge < -0.3 is 19.5 Å². The molecule has 2 aromatic rings. The number of carbonyl (C=O) groups is 1. The predicted molar refractivity (Wildman–Crippen MR) is 77.6 cm³/mol. The van der Waals surface area contributed by atoms with Gasteiger partial charge in [-0.15, -0.1) is 0 Å². The minimum atomic E-state index is -0.509. The number of halogens is 1. The lowest BCUT2D eigenvalue weighted by atomic mass is 10.2. The number of para-hydroxylation sites is 1. The largest absolute Gasteiger partial charge is 0.482 e. The number of hydrogen-bond acceptors (Lipinski definition) is 5. The maximum Gasteiger partial charge on any atom is 0.258 e. The maximum absolute atomic E-state index is 13.4. The number of aromatic amines is 1. The van der Waals surface area contributed by atoms with E-state index in [0.29, 0.717) is 19.0 Å². The molecular formula is C15H16FN3O4. The van der Waals surface area contributed by atoms with Gasteiger partial charge in [0, 0.05) is 0 Å². The highest BCUT2D eigenvalue weighted by atomic mass is 19.1. The van der Waals surface area contributed by atoms with E-state index >= 15 is 0 Å². The van der Waals surface area contributed by atoms with Gasteiger partial charge >= 0.3 is 0 Å². The summed E-state index contributed by atoms with van der Waals surface area (Å²) in [7, 11) is 0. The van der Waals surface area contributed by atoms with Crippen LogP contribution in [-0.4, -0.2) is 48.1 Å². The van der Waals surface area contributed by atoms with Crippen molar-refractivity contribution in [2.24, 2.45) is 0 Å². The van der Waals surface area contributed by atoms with Gasteiger partial charge in [0.1, 0.15) is 6.10 Å². The van der Waals surface area contributed by atoms with E-state index in [-0.39, 0.29) is 30.4 Å². The lowest BCUT2D eigenvalue weighted by Gasteiger charge is -2.19. The van der Waals surface area contributed by atoms with Crippen molar-refractivity contribution in [1.29, 1.82) is 0 Å². The zero-order valence-electron chi connectivity index (χ0n) is 12.2. The molecule has 0 bridgehead atoms. The van der Waals surface area contributed by atoms with E-state index in [1.165, 1.54) is 12.1 Å². The van der Waals surface area contributed by atoms with E-state index < -0.39 is 5.82 Å². The van der Waals surface area contributed by atoms with Gasteiger partial charge in [0.15, 0.2) is 23.9 Å². The van der Waals surface area contributed by atoms with E-state index in [2.05, 4.69) is 15.5 Å². The third kappa shape index (κ3) is 3.98. The fraction of sp³-hybridized carbons (Fsp3) is 0.333. The summed E-state index contributed by atoms with van der Waals surface area (Å²) in [4.78, 5) is 11.9. The molecule has 0 aliphatic carbocycles. The van der Waals surface area contributed by atoms with Crippen molar-refractivity contribution >= 4 is 5.91 Å². The highest BCUT2D eigenvalue weighted by Gasteiger charge is 2.31. The minimum Gasteiger partial charge on any atom is -0.482 e. The second-order valence-electron chi connectivity index (χ2n) is 5.02. The summed E-state index contributed by atoms with van der Waals surface area (Å²) in [5, 5.41) is 9.20. The number of benzene rings is 1. The molecule has 1 fully saturated rings. The molecule has 23 heavy (non-hydrogen) atoms. The Balaban J connectivity index is 1.49. The van der Waals surface area contributed by atoms with Crippen LogP contribution in [-0.2, 0) is 9.53 Å². The first-order chi connectivity index (χ1) is 11.2. The first-order valence-corrected chi connectivity index (χ1v) is 7.12. The molecular weight excluding hydrogens is 305 g/mol. The van der Waals surface area contributed by atoms with Gasteiger partial charge in [0.05, 0.1) is 31.6 Å². The SMILES string of the molecule is O=C(COc1ccccc1F)N[C@H]1COC[C@H]1Oc1cn[nH]c1. The molecule has 0 spiro atoms. The summed E-state index contributed by atoms with van der Waals surface area (Å²) >= 11 is 0. The van der Waals surface area contributed by atoms with Crippen LogP contribution in [0.4, 0.5) is 4.39 Å². The van der Waals surface area contributed by atoms with Crippen LogP contribution < -0.4 is 14.8 Å². The lowest BCUT2D eigenvalue weighted by Crippen LogP contribution is -2.46. The molecule has 1 aromatic carbocycles. The zero-order valence-corrected chi connectivity index (χ0v) is 12.2. The molecule has 1 amide bonds. The van der Waals surface area contributed by atoms with Gasteiger partial charge in [-0.3, -0.25) is 9.89 Å². The summed E-state index contributed by atoms with van der Waals surface area (Å²) in [5.41, 5.74) is 0. The normalized spacial score (nSPS) is 20.2. The Kier molecular flexibility index (Phi) is 4.72. The average molecular weight is 321 g/mol. The van der Waals surface area contributed by atoms with Crippen LogP contribution in [0.1, 0.15) is 0 Å². The van der Waals surface area contributed by atoms with Crippen LogP contribution in [0.25, 0.3) is 0 Å². The number of ether oxygens (including phenoxy) is 3. The standard InChI is InChI=1S/C15H16FN3O4/c16-11-3-1-2-4-13(11)22-9-15(20)19-12-7-21-8-14(12)23-10-5-17-18-6-10/h1-6,12,14H,7-9H2,(H,17,18)(H,19,20)/t12-,14+/m0/s1. The first-order valence-electron chi connectivity index (χ1n) is 7.12. The Morgan fingerprint density at radius 2 is 2.30 bits per heavy atom. The third-order valence-corrected chi connectivity index (χ3v) is 3.33. The number of hydrogen-bond donors (Lipinski definition) is 2. The molecule has 2 heterocycles. The monoisotopic (exact) mass is 321 g/mol. The van der Waals surface area contributed by atoms with Crippen molar-refractivity contribution in [3.8, 4) is 11.5 Å². The van der Waals surface area contributed by atoms with Crippen molar-refractivity contribution in [3.05, 3.63) is 42.5 Å². The molecule has 2 atom stereocenters. The number of H-pyrrole nitrogens is 1. The Bertz CT molecular complexity index is 650. The van der Waals surface area contributed by atoms with E-state index in [9.17, 15) is 9.18 Å². The van der Waals surface area contributed by atoms with Gasteiger partial charge in [-0.2, -0.15) is 5.10 Å². The third-order valence-electron chi connectivity index (χ3n) is 3.33. The molecule has 1 aromatic heterocycles. The molecule has 0 unspecified atom stereocenters. The Morgan fingerprint density at radius 1 is 1.43 bits per heavy atom. The maximum atomic E-state index is 13.4. The Labute approximate surface area is 131 Å². The van der Waals surface area contributed by atoms with Crippen molar-refractivity contribution in [3.63, 3.8) is 0 Å². The van der Waals surface area contributed by atoms with Gasteiger partial charge in [0.25, 0.3) is 5.91 Å². The summed E-state index contributed by atoms with van der Waals surface area (Å²) in [6, 6.07) is 5.62. The number of carbonyl (C=O) groups excluding carboxylic acids is 1. The molecule has 2 N–H and O–H groups in total. The van der Waals surface area contributed by atoms with Crippen LogP contribution in [0.2, 0.25) is 0 Å². The quantitative estimate of drug-likeness (QED) is 0.825. The van der Waals surface area contributed by atoms with Crippen molar-refractivity contribution in [2.45, 2.75) is 12.1 Å². The predicted octanol–water partition coefficient (Wildman–Crippen LogP) is 0.890. The smallest absolute Gasteiger partial charge is 0.258 e. The van der Waals surface area contributed by atoms with Gasteiger partial charge in [-0.05, 0) is 12.1 Å². The number of amides is 1. The molecule has 8 heteroatoms. The van der Waals surface area contributed by atoms with E-state index in [1.807, 2.05) is 0 Å². The van der Waals surface area contributed by atoms with Crippen LogP contribution in [0.3, 0.4) is 0 Å². The first kappa shape index (κ1) is 15.3. The van der Waals surface area contributed by atoms with Crippen molar-refractivity contribution in [2.75, 3.05) is 19.8 Å². The Hall–Kier alpha value is -2.61. The minimum absolute atomic E-state index is 0.0384. The molecule has 3 rings (SSSR count). The van der Waals surface area contributed by atoms with Gasteiger partial charge in [-0.25, -0.2) is 4.39 Å². The van der Waals surface area contributed by atoms with E-state index in [1.54, 1.807) is 24.5 Å². The molecule has 1 saturated heterocycles. The number of nitrogens with one attached hydrogen (secondary N) is 2. The second kappa shape index (κ2) is 7.10. The van der Waals surface area contributed by atoms with E-state index in [4.69, 9.17) is 14.2 Å². The zero-order chi connectivity index (χ0) is 16.1. The fourth-order valence-electron chi connectivity index (χ4n) is 2.22. The highest BCUT2D eigenvalue weighted by Crippen LogP contribution is 2.16. The van der Waals surface area contributed by atoms with Gasteiger partial charge in [-0.1, -0.05) is 12.1 Å². The molecule has 0 saturated carbocycles. The second-order valence-corrected chi connectivity index (χ2v) is 5.02. The number of nitrogens with zero attached hydrogens (tertiary/aromatic N) is 1. The molecule has 122 valence electrons. The molecule has 1 aliphatic heterocycles. The fourth-order valence-corrected chi connectivity index (χ4v) is 2.22. The lowest BCUT2D eigenvalue weighted by molar-refractivity contribution is -0.124. The number of rotatable bonds is 6. The Morgan fingerprint density at radius 3 is 3.09 bits per heavy atom. The molecule has 0 radical (unpaired) electrons.